The van der Waals surface area contributed by atoms with Crippen molar-refractivity contribution in [3.63, 3.8) is 0 Å². The Morgan fingerprint density at radius 2 is 1.78 bits per heavy atom. The van der Waals surface area contributed by atoms with E-state index in [1.165, 1.54) is 32.5 Å². The zero-order chi connectivity index (χ0) is 20.0. The van der Waals surface area contributed by atoms with Gasteiger partial charge < -0.3 is 18.9 Å². The van der Waals surface area contributed by atoms with Gasteiger partial charge in [-0.1, -0.05) is 23.9 Å². The summed E-state index contributed by atoms with van der Waals surface area (Å²) >= 11 is 1.46. The molecule has 2 aliphatic heterocycles. The standard InChI is InChI=1S/C18H25NO7S/c1-5-6-7-8-14-19-15-17(25-12(4)22)16(24-11(3)21)13(9-23-10(2)20)26-18(15)27-14/h5-6,13,15-18H,7-9H2,1-4H3/t13-,15?,16-,17-,18?/m1/s1. The van der Waals surface area contributed by atoms with Gasteiger partial charge in [-0.15, -0.1) is 0 Å². The molecule has 5 atom stereocenters. The van der Waals surface area contributed by atoms with Gasteiger partial charge in [-0.05, 0) is 19.8 Å². The Labute approximate surface area is 162 Å². The van der Waals surface area contributed by atoms with Crippen LogP contribution in [0.3, 0.4) is 0 Å². The predicted molar refractivity (Wildman–Crippen MR) is 99.3 cm³/mol. The molecule has 2 aliphatic rings. The van der Waals surface area contributed by atoms with Crippen LogP contribution in [-0.2, 0) is 33.3 Å². The van der Waals surface area contributed by atoms with E-state index in [4.69, 9.17) is 18.9 Å². The van der Waals surface area contributed by atoms with Crippen LogP contribution in [0.5, 0.6) is 0 Å². The van der Waals surface area contributed by atoms with Crippen LogP contribution >= 0.6 is 11.8 Å². The number of esters is 3. The lowest BCUT2D eigenvalue weighted by Gasteiger charge is -2.41. The summed E-state index contributed by atoms with van der Waals surface area (Å²) in [5.41, 5.74) is -0.401. The second-order valence-electron chi connectivity index (χ2n) is 6.23. The minimum absolute atomic E-state index is 0.108. The first-order chi connectivity index (χ1) is 12.8. The van der Waals surface area contributed by atoms with E-state index in [1.807, 2.05) is 19.1 Å². The van der Waals surface area contributed by atoms with Gasteiger partial charge in [-0.3, -0.25) is 19.4 Å². The topological polar surface area (TPSA) is 100 Å². The van der Waals surface area contributed by atoms with E-state index in [-0.39, 0.29) is 6.61 Å². The molecule has 2 unspecified atom stereocenters. The first-order valence-corrected chi connectivity index (χ1v) is 9.67. The number of aliphatic imine (C=N–C) groups is 1. The number of allylic oxidation sites excluding steroid dienone is 2. The highest BCUT2D eigenvalue weighted by Gasteiger charge is 2.52. The van der Waals surface area contributed by atoms with Crippen LogP contribution in [-0.4, -0.2) is 59.3 Å². The molecular weight excluding hydrogens is 374 g/mol. The molecule has 0 amide bonds. The maximum atomic E-state index is 11.6. The third-order valence-corrected chi connectivity index (χ3v) is 5.18. The van der Waals surface area contributed by atoms with E-state index in [1.54, 1.807) is 0 Å². The zero-order valence-corrected chi connectivity index (χ0v) is 16.7. The Balaban J connectivity index is 2.24. The van der Waals surface area contributed by atoms with Crippen LogP contribution in [0, 0.1) is 0 Å². The summed E-state index contributed by atoms with van der Waals surface area (Å²) in [5.74, 6) is -1.53. The van der Waals surface area contributed by atoms with Gasteiger partial charge >= 0.3 is 17.9 Å². The van der Waals surface area contributed by atoms with Gasteiger partial charge in [0.2, 0.25) is 0 Å². The van der Waals surface area contributed by atoms with Crippen molar-refractivity contribution in [3.8, 4) is 0 Å². The molecule has 0 aliphatic carbocycles. The number of rotatable bonds is 7. The Morgan fingerprint density at radius 3 is 2.37 bits per heavy atom. The molecule has 1 saturated heterocycles. The van der Waals surface area contributed by atoms with Crippen LogP contribution in [0.4, 0.5) is 0 Å². The number of carbonyl (C=O) groups is 3. The number of hydrogen-bond acceptors (Lipinski definition) is 9. The van der Waals surface area contributed by atoms with Crippen molar-refractivity contribution in [1.29, 1.82) is 0 Å². The quantitative estimate of drug-likeness (QED) is 0.364. The summed E-state index contributed by atoms with van der Waals surface area (Å²) in [5, 5.41) is 0.884. The smallest absolute Gasteiger partial charge is 0.303 e. The van der Waals surface area contributed by atoms with Crippen LogP contribution in [0.2, 0.25) is 0 Å². The molecule has 0 radical (unpaired) electrons. The lowest BCUT2D eigenvalue weighted by Crippen LogP contribution is -2.59. The monoisotopic (exact) mass is 399 g/mol. The molecular formula is C18H25NO7S. The van der Waals surface area contributed by atoms with Gasteiger partial charge in [0.05, 0.1) is 5.04 Å². The molecule has 2 heterocycles. The summed E-state index contributed by atoms with van der Waals surface area (Å²) in [4.78, 5) is 39.1. The fourth-order valence-corrected chi connectivity index (χ4v) is 4.19. The van der Waals surface area contributed by atoms with Crippen LogP contribution < -0.4 is 0 Å². The summed E-state index contributed by atoms with van der Waals surface area (Å²) in [6.45, 7) is 5.67. The normalized spacial score (nSPS) is 29.8. The van der Waals surface area contributed by atoms with Crippen molar-refractivity contribution < 1.29 is 33.3 Å². The molecule has 0 N–H and O–H groups in total. The first-order valence-electron chi connectivity index (χ1n) is 8.79. The molecule has 27 heavy (non-hydrogen) atoms. The Morgan fingerprint density at radius 1 is 1.11 bits per heavy atom. The van der Waals surface area contributed by atoms with Crippen LogP contribution in [0.15, 0.2) is 17.1 Å². The lowest BCUT2D eigenvalue weighted by atomic mass is 9.97. The van der Waals surface area contributed by atoms with E-state index in [0.29, 0.717) is 0 Å². The molecule has 0 saturated carbocycles. The van der Waals surface area contributed by atoms with Crippen LogP contribution in [0.1, 0.15) is 40.5 Å². The molecule has 2 rings (SSSR count). The number of ether oxygens (including phenoxy) is 4. The van der Waals surface area contributed by atoms with Gasteiger partial charge in [0.25, 0.3) is 0 Å². The summed E-state index contributed by atoms with van der Waals surface area (Å²) in [7, 11) is 0. The van der Waals surface area contributed by atoms with Gasteiger partial charge in [0.1, 0.15) is 24.2 Å². The molecule has 1 fully saturated rings. The number of hydrogen-bond donors (Lipinski definition) is 0. The molecule has 0 bridgehead atoms. The highest BCUT2D eigenvalue weighted by atomic mass is 32.2. The molecule has 8 nitrogen and oxygen atoms in total. The highest BCUT2D eigenvalue weighted by Crippen LogP contribution is 2.40. The SMILES string of the molecule is CC=CCCC1=NC2C(O[C@H](COC(C)=O)[C@@H](OC(C)=O)[C@@H]2OC(C)=O)S1. The van der Waals surface area contributed by atoms with Crippen molar-refractivity contribution in [2.24, 2.45) is 4.99 Å². The third-order valence-electron chi connectivity index (χ3n) is 3.98. The van der Waals surface area contributed by atoms with Crippen LogP contribution in [0.25, 0.3) is 0 Å². The largest absolute Gasteiger partial charge is 0.463 e. The van der Waals surface area contributed by atoms with Gasteiger partial charge in [0.15, 0.2) is 12.2 Å². The molecule has 0 spiro atoms. The maximum absolute atomic E-state index is 11.6. The Kier molecular flexibility index (Phi) is 7.85. The van der Waals surface area contributed by atoms with E-state index in [9.17, 15) is 14.4 Å². The second-order valence-corrected chi connectivity index (χ2v) is 7.40. The lowest BCUT2D eigenvalue weighted by molar-refractivity contribution is -0.208. The van der Waals surface area contributed by atoms with Crippen molar-refractivity contribution in [1.82, 2.24) is 0 Å². The number of nitrogens with zero attached hydrogens (tertiary/aromatic N) is 1. The number of carbonyl (C=O) groups excluding carboxylic acids is 3. The second kappa shape index (κ2) is 9.89. The first kappa shape index (κ1) is 21.4. The maximum Gasteiger partial charge on any atom is 0.303 e. The molecule has 0 aromatic heterocycles. The van der Waals surface area contributed by atoms with E-state index in [2.05, 4.69) is 4.99 Å². The highest BCUT2D eigenvalue weighted by molar-refractivity contribution is 8.14. The van der Waals surface area contributed by atoms with Crippen molar-refractivity contribution in [2.45, 2.75) is 70.3 Å². The summed E-state index contributed by atoms with van der Waals surface area (Å²) in [6.07, 6.45) is 3.12. The molecule has 150 valence electrons. The summed E-state index contributed by atoms with van der Waals surface area (Å²) < 4.78 is 21.9. The fourth-order valence-electron chi connectivity index (χ4n) is 2.95. The van der Waals surface area contributed by atoms with Crippen molar-refractivity contribution in [2.75, 3.05) is 6.61 Å². The van der Waals surface area contributed by atoms with E-state index in [0.717, 1.165) is 17.9 Å². The molecule has 9 heteroatoms. The Hall–Kier alpha value is -1.87. The minimum atomic E-state index is -0.911. The fraction of sp³-hybridized carbons (Fsp3) is 0.667. The number of fused-ring (bicyclic) bond motifs is 1. The molecule has 0 aromatic carbocycles. The van der Waals surface area contributed by atoms with Gasteiger partial charge in [0, 0.05) is 20.8 Å². The van der Waals surface area contributed by atoms with Crippen molar-refractivity contribution in [3.05, 3.63) is 12.2 Å². The average molecular weight is 399 g/mol. The van der Waals surface area contributed by atoms with Crippen molar-refractivity contribution >= 4 is 34.7 Å². The predicted octanol–water partition coefficient (Wildman–Crippen LogP) is 2.01. The van der Waals surface area contributed by atoms with E-state index >= 15 is 0 Å². The van der Waals surface area contributed by atoms with E-state index < -0.39 is 47.7 Å². The zero-order valence-electron chi connectivity index (χ0n) is 15.9. The summed E-state index contributed by atoms with van der Waals surface area (Å²) in [6, 6.07) is -0.488. The average Bonchev–Trinajstić information content (AvgIpc) is 2.97. The third kappa shape index (κ3) is 6.07. The minimum Gasteiger partial charge on any atom is -0.463 e. The van der Waals surface area contributed by atoms with Gasteiger partial charge in [-0.2, -0.15) is 0 Å². The number of thioether (sulfide) groups is 1. The molecule has 0 aromatic rings. The van der Waals surface area contributed by atoms with Gasteiger partial charge in [-0.25, -0.2) is 0 Å². The Bertz CT molecular complexity index is 633.